The minimum absolute atomic E-state index is 0.234. The number of rotatable bonds is 3. The van der Waals surface area contributed by atoms with E-state index in [1.165, 1.54) is 11.3 Å². The summed E-state index contributed by atoms with van der Waals surface area (Å²) in [4.78, 5) is 2.71. The Morgan fingerprint density at radius 3 is 2.89 bits per heavy atom. The Balaban J connectivity index is 2.30. The molecule has 6 heteroatoms. The smallest absolute Gasteiger partial charge is 0.177 e. The molecule has 98 valence electrons. The first-order chi connectivity index (χ1) is 8.71. The Labute approximate surface area is 111 Å². The second-order valence-electron chi connectivity index (χ2n) is 4.24. The molecule has 0 saturated carbocycles. The van der Waals surface area contributed by atoms with Crippen LogP contribution in [0, 0.1) is 11.3 Å². The van der Waals surface area contributed by atoms with Crippen LogP contribution in [0.5, 0.6) is 5.75 Å². The first-order valence-corrected chi connectivity index (χ1v) is 6.67. The van der Waals surface area contributed by atoms with Crippen molar-refractivity contribution in [2.75, 3.05) is 37.9 Å². The maximum Gasteiger partial charge on any atom is 0.177 e. The van der Waals surface area contributed by atoms with E-state index < -0.39 is 0 Å². The van der Waals surface area contributed by atoms with Crippen LogP contribution in [0.4, 0.5) is 10.7 Å². The number of nitrogens with two attached hydrogens (primary N) is 1. The summed E-state index contributed by atoms with van der Waals surface area (Å²) in [5.41, 5.74) is 6.35. The summed E-state index contributed by atoms with van der Waals surface area (Å²) in [7, 11) is 3.32. The lowest BCUT2D eigenvalue weighted by Crippen LogP contribution is -2.38. The zero-order valence-corrected chi connectivity index (χ0v) is 11.4. The third-order valence-electron chi connectivity index (χ3n) is 3.19. The van der Waals surface area contributed by atoms with E-state index >= 15 is 0 Å². The summed E-state index contributed by atoms with van der Waals surface area (Å²) in [6, 6.07) is 2.11. The van der Waals surface area contributed by atoms with Gasteiger partial charge in [0, 0.05) is 20.2 Å². The molecule has 1 unspecified atom stereocenters. The fourth-order valence-corrected chi connectivity index (χ4v) is 3.24. The lowest BCUT2D eigenvalue weighted by Gasteiger charge is -2.32. The Morgan fingerprint density at radius 1 is 1.50 bits per heavy atom. The van der Waals surface area contributed by atoms with E-state index in [0.717, 1.165) is 30.9 Å². The molecule has 18 heavy (non-hydrogen) atoms. The molecular weight excluding hydrogens is 250 g/mol. The number of methoxy groups -OCH3 is 2. The van der Waals surface area contributed by atoms with Crippen LogP contribution in [-0.2, 0) is 4.74 Å². The van der Waals surface area contributed by atoms with E-state index in [1.54, 1.807) is 14.2 Å². The van der Waals surface area contributed by atoms with Gasteiger partial charge < -0.3 is 20.1 Å². The number of hydrogen-bond acceptors (Lipinski definition) is 6. The van der Waals surface area contributed by atoms with Crippen molar-refractivity contribution in [2.45, 2.75) is 18.9 Å². The monoisotopic (exact) mass is 267 g/mol. The van der Waals surface area contributed by atoms with Gasteiger partial charge in [0.05, 0.1) is 13.2 Å². The van der Waals surface area contributed by atoms with Gasteiger partial charge in [-0.05, 0) is 12.8 Å². The highest BCUT2D eigenvalue weighted by Crippen LogP contribution is 2.45. The van der Waals surface area contributed by atoms with Crippen LogP contribution in [0.2, 0.25) is 0 Å². The molecule has 1 aliphatic rings. The van der Waals surface area contributed by atoms with Crippen LogP contribution in [0.3, 0.4) is 0 Å². The fourth-order valence-electron chi connectivity index (χ4n) is 2.22. The molecule has 2 N–H and O–H groups in total. The summed E-state index contributed by atoms with van der Waals surface area (Å²) in [6.07, 6.45) is 2.38. The molecule has 0 amide bonds. The van der Waals surface area contributed by atoms with E-state index in [-0.39, 0.29) is 6.10 Å². The van der Waals surface area contributed by atoms with E-state index in [4.69, 9.17) is 20.5 Å². The van der Waals surface area contributed by atoms with Crippen LogP contribution >= 0.6 is 11.3 Å². The molecular formula is C12H17N3O2S. The number of piperidine rings is 1. The summed E-state index contributed by atoms with van der Waals surface area (Å²) in [5, 5.41) is 9.97. The second-order valence-corrected chi connectivity index (χ2v) is 5.24. The van der Waals surface area contributed by atoms with Crippen LogP contribution in [0.15, 0.2) is 0 Å². The van der Waals surface area contributed by atoms with E-state index in [9.17, 15) is 0 Å². The number of nitrogen functional groups attached to an aromatic ring is 1. The lowest BCUT2D eigenvalue weighted by atomic mass is 10.1. The van der Waals surface area contributed by atoms with Crippen LogP contribution in [0.1, 0.15) is 17.7 Å². The summed E-state index contributed by atoms with van der Waals surface area (Å²) < 4.78 is 10.7. The van der Waals surface area contributed by atoms with Crippen molar-refractivity contribution in [3.63, 3.8) is 0 Å². The van der Waals surface area contributed by atoms with Gasteiger partial charge in [0.25, 0.3) is 0 Å². The largest absolute Gasteiger partial charge is 0.492 e. The highest BCUT2D eigenvalue weighted by atomic mass is 32.1. The molecule has 0 aromatic carbocycles. The SMILES string of the molecule is COc1c(N2CCCC(OC)C2)sc(C#N)c1N. The third-order valence-corrected chi connectivity index (χ3v) is 4.34. The number of thiophene rings is 1. The van der Waals surface area contributed by atoms with Gasteiger partial charge in [-0.1, -0.05) is 0 Å². The molecule has 1 atom stereocenters. The maximum atomic E-state index is 9.03. The number of hydrogen-bond donors (Lipinski definition) is 1. The van der Waals surface area contributed by atoms with Gasteiger partial charge in [0.2, 0.25) is 0 Å². The van der Waals surface area contributed by atoms with Crippen molar-refractivity contribution in [1.82, 2.24) is 0 Å². The van der Waals surface area contributed by atoms with Crippen molar-refractivity contribution in [3.8, 4) is 11.8 Å². The Bertz CT molecular complexity index is 467. The number of nitrogens with zero attached hydrogens (tertiary/aromatic N) is 2. The summed E-state index contributed by atoms with van der Waals surface area (Å²) >= 11 is 1.39. The Morgan fingerprint density at radius 2 is 2.28 bits per heavy atom. The molecule has 1 fully saturated rings. The molecule has 1 saturated heterocycles. The molecule has 0 radical (unpaired) electrons. The molecule has 1 aromatic rings. The quantitative estimate of drug-likeness (QED) is 0.904. The predicted octanol–water partition coefficient (Wildman–Crippen LogP) is 1.83. The van der Waals surface area contributed by atoms with Crippen molar-refractivity contribution < 1.29 is 9.47 Å². The first-order valence-electron chi connectivity index (χ1n) is 5.85. The molecule has 1 aliphatic heterocycles. The highest BCUT2D eigenvalue weighted by molar-refractivity contribution is 7.17. The minimum atomic E-state index is 0.234. The van der Waals surface area contributed by atoms with Gasteiger partial charge in [-0.2, -0.15) is 5.26 Å². The summed E-state index contributed by atoms with van der Waals surface area (Å²) in [6.45, 7) is 1.76. The lowest BCUT2D eigenvalue weighted by molar-refractivity contribution is 0.0894. The van der Waals surface area contributed by atoms with Crippen molar-refractivity contribution in [3.05, 3.63) is 4.88 Å². The molecule has 1 aromatic heterocycles. The average Bonchev–Trinajstić information content (AvgIpc) is 2.75. The highest BCUT2D eigenvalue weighted by Gasteiger charge is 2.26. The van der Waals surface area contributed by atoms with Crippen molar-refractivity contribution in [2.24, 2.45) is 0 Å². The predicted molar refractivity (Wildman–Crippen MR) is 72.2 cm³/mol. The molecule has 0 spiro atoms. The van der Waals surface area contributed by atoms with Crippen molar-refractivity contribution >= 4 is 22.0 Å². The molecule has 5 nitrogen and oxygen atoms in total. The molecule has 0 aliphatic carbocycles. The Hall–Kier alpha value is -1.45. The van der Waals surface area contributed by atoms with Gasteiger partial charge in [-0.25, -0.2) is 0 Å². The Kier molecular flexibility index (Phi) is 3.94. The number of nitriles is 1. The van der Waals surface area contributed by atoms with Gasteiger partial charge >= 0.3 is 0 Å². The van der Waals surface area contributed by atoms with Gasteiger partial charge in [-0.15, -0.1) is 11.3 Å². The molecule has 2 rings (SSSR count). The summed E-state index contributed by atoms with van der Waals surface area (Å²) in [5.74, 6) is 0.619. The number of ether oxygens (including phenoxy) is 2. The standard InChI is InChI=1S/C12H17N3O2S/c1-16-8-4-3-5-15(7-8)12-11(17-2)10(14)9(6-13)18-12/h8H,3-5,7,14H2,1-2H3. The molecule has 2 heterocycles. The second kappa shape index (κ2) is 5.46. The van der Waals surface area contributed by atoms with Gasteiger partial charge in [-0.3, -0.25) is 0 Å². The van der Waals surface area contributed by atoms with E-state index in [2.05, 4.69) is 11.0 Å². The van der Waals surface area contributed by atoms with E-state index in [0.29, 0.717) is 16.3 Å². The normalized spacial score (nSPS) is 19.6. The van der Waals surface area contributed by atoms with Gasteiger partial charge in [0.1, 0.15) is 21.6 Å². The maximum absolute atomic E-state index is 9.03. The minimum Gasteiger partial charge on any atom is -0.492 e. The third kappa shape index (κ3) is 2.24. The van der Waals surface area contributed by atoms with E-state index in [1.807, 2.05) is 0 Å². The zero-order valence-electron chi connectivity index (χ0n) is 10.6. The molecule has 0 bridgehead atoms. The first kappa shape index (κ1) is 13.0. The topological polar surface area (TPSA) is 71.5 Å². The fraction of sp³-hybridized carbons (Fsp3) is 0.583. The number of anilines is 2. The zero-order chi connectivity index (χ0) is 13.1. The van der Waals surface area contributed by atoms with Crippen LogP contribution < -0.4 is 15.4 Å². The average molecular weight is 267 g/mol. The van der Waals surface area contributed by atoms with Crippen LogP contribution in [-0.4, -0.2) is 33.4 Å². The van der Waals surface area contributed by atoms with Gasteiger partial charge in [0.15, 0.2) is 5.75 Å². The van der Waals surface area contributed by atoms with Crippen LogP contribution in [0.25, 0.3) is 0 Å². The van der Waals surface area contributed by atoms with Crippen molar-refractivity contribution in [1.29, 1.82) is 5.26 Å².